The monoisotopic (exact) mass is 349 g/mol. The van der Waals surface area contributed by atoms with Crippen LogP contribution in [-0.4, -0.2) is 8.42 Å². The van der Waals surface area contributed by atoms with Crippen molar-refractivity contribution in [2.75, 3.05) is 0 Å². The quantitative estimate of drug-likeness (QED) is 0.764. The molecule has 0 radical (unpaired) electrons. The topological polar surface area (TPSA) is 59.3 Å². The van der Waals surface area contributed by atoms with Gasteiger partial charge >= 0.3 is 0 Å². The van der Waals surface area contributed by atoms with E-state index in [1.165, 1.54) is 30.3 Å². The lowest BCUT2D eigenvalue weighted by atomic mass is 10.1. The number of nitrogens with one attached hydrogen (secondary N) is 1. The van der Waals surface area contributed by atoms with Crippen LogP contribution in [0.15, 0.2) is 70.0 Å². The largest absolute Gasteiger partial charge is 0.460 e. The Bertz CT molecular complexity index is 953. The fraction of sp³-hybridized carbons (Fsp3) is 0.0588. The van der Waals surface area contributed by atoms with Gasteiger partial charge in [-0.25, -0.2) is 21.9 Å². The molecule has 0 saturated carbocycles. The van der Waals surface area contributed by atoms with E-state index in [1.54, 1.807) is 18.2 Å². The van der Waals surface area contributed by atoms with Gasteiger partial charge in [-0.1, -0.05) is 18.2 Å². The van der Waals surface area contributed by atoms with E-state index in [0.717, 1.165) is 12.1 Å². The van der Waals surface area contributed by atoms with Gasteiger partial charge in [0.15, 0.2) is 0 Å². The van der Waals surface area contributed by atoms with Gasteiger partial charge in [0.2, 0.25) is 10.0 Å². The van der Waals surface area contributed by atoms with E-state index in [9.17, 15) is 17.2 Å². The highest BCUT2D eigenvalue weighted by atomic mass is 32.2. The molecule has 124 valence electrons. The van der Waals surface area contributed by atoms with Crippen molar-refractivity contribution < 1.29 is 21.6 Å². The fourth-order valence-corrected chi connectivity index (χ4v) is 3.17. The summed E-state index contributed by atoms with van der Waals surface area (Å²) in [6, 6.07) is 14.1. The van der Waals surface area contributed by atoms with Crippen molar-refractivity contribution in [2.24, 2.45) is 0 Å². The maximum absolute atomic E-state index is 13.7. The molecule has 0 bridgehead atoms. The zero-order chi connectivity index (χ0) is 17.2. The normalized spacial score (nSPS) is 11.6. The van der Waals surface area contributed by atoms with Crippen LogP contribution in [0.1, 0.15) is 5.76 Å². The lowest BCUT2D eigenvalue weighted by Crippen LogP contribution is -2.22. The minimum Gasteiger partial charge on any atom is -0.460 e. The van der Waals surface area contributed by atoms with E-state index in [-0.39, 0.29) is 22.8 Å². The summed E-state index contributed by atoms with van der Waals surface area (Å²) < 4.78 is 58.7. The van der Waals surface area contributed by atoms with Crippen LogP contribution in [-0.2, 0) is 16.6 Å². The SMILES string of the molecule is O=S(=O)(NCc1ccc(-c2ccc(F)cc2F)o1)c1ccccc1. The third-order valence-corrected chi connectivity index (χ3v) is 4.77. The Labute approximate surface area is 137 Å². The molecule has 0 unspecified atom stereocenters. The summed E-state index contributed by atoms with van der Waals surface area (Å²) >= 11 is 0. The zero-order valence-electron chi connectivity index (χ0n) is 12.4. The molecule has 7 heteroatoms. The van der Waals surface area contributed by atoms with Crippen LogP contribution in [0.5, 0.6) is 0 Å². The van der Waals surface area contributed by atoms with Gasteiger partial charge in [0.25, 0.3) is 0 Å². The molecule has 2 aromatic carbocycles. The average molecular weight is 349 g/mol. The van der Waals surface area contributed by atoms with Crippen molar-refractivity contribution in [3.8, 4) is 11.3 Å². The highest BCUT2D eigenvalue weighted by Gasteiger charge is 2.15. The van der Waals surface area contributed by atoms with Crippen molar-refractivity contribution in [2.45, 2.75) is 11.4 Å². The smallest absolute Gasteiger partial charge is 0.240 e. The number of hydrogen-bond donors (Lipinski definition) is 1. The maximum atomic E-state index is 13.7. The van der Waals surface area contributed by atoms with Gasteiger partial charge in [-0.3, -0.25) is 0 Å². The minimum atomic E-state index is -3.66. The summed E-state index contributed by atoms with van der Waals surface area (Å²) in [5, 5.41) is 0. The molecule has 0 amide bonds. The van der Waals surface area contributed by atoms with Crippen molar-refractivity contribution in [1.29, 1.82) is 0 Å². The Kier molecular flexibility index (Phi) is 4.46. The number of rotatable bonds is 5. The molecule has 0 fully saturated rings. The molecule has 1 heterocycles. The van der Waals surface area contributed by atoms with Gasteiger partial charge in [0, 0.05) is 6.07 Å². The second kappa shape index (κ2) is 6.54. The van der Waals surface area contributed by atoms with Crippen LogP contribution in [0.4, 0.5) is 8.78 Å². The number of furan rings is 1. The average Bonchev–Trinajstić information content (AvgIpc) is 3.03. The third-order valence-electron chi connectivity index (χ3n) is 3.35. The second-order valence-electron chi connectivity index (χ2n) is 5.03. The van der Waals surface area contributed by atoms with E-state index in [2.05, 4.69) is 4.72 Å². The minimum absolute atomic E-state index is 0.0833. The van der Waals surface area contributed by atoms with Crippen LogP contribution < -0.4 is 4.72 Å². The highest BCUT2D eigenvalue weighted by molar-refractivity contribution is 7.89. The van der Waals surface area contributed by atoms with Crippen LogP contribution in [0.2, 0.25) is 0 Å². The molecule has 3 rings (SSSR count). The van der Waals surface area contributed by atoms with Crippen molar-refractivity contribution >= 4 is 10.0 Å². The summed E-state index contributed by atoms with van der Waals surface area (Å²) in [6.07, 6.45) is 0. The summed E-state index contributed by atoms with van der Waals surface area (Å²) in [6.45, 7) is -0.0833. The summed E-state index contributed by atoms with van der Waals surface area (Å²) in [5.41, 5.74) is 0.105. The molecule has 1 aromatic heterocycles. The standard InChI is InChI=1S/C17H13F2NO3S/c18-12-6-8-15(16(19)10-12)17-9-7-13(23-17)11-20-24(21,22)14-4-2-1-3-5-14/h1-10,20H,11H2. The molecule has 3 aromatic rings. The highest BCUT2D eigenvalue weighted by Crippen LogP contribution is 2.25. The van der Waals surface area contributed by atoms with Gasteiger partial charge in [-0.05, 0) is 36.4 Å². The second-order valence-corrected chi connectivity index (χ2v) is 6.79. The van der Waals surface area contributed by atoms with Crippen LogP contribution >= 0.6 is 0 Å². The molecule has 0 saturated heterocycles. The van der Waals surface area contributed by atoms with E-state index >= 15 is 0 Å². The Morgan fingerprint density at radius 2 is 1.71 bits per heavy atom. The van der Waals surface area contributed by atoms with Crippen LogP contribution in [0, 0.1) is 11.6 Å². The molecule has 0 aliphatic heterocycles. The molecule has 0 aliphatic rings. The maximum Gasteiger partial charge on any atom is 0.240 e. The number of benzene rings is 2. The first-order valence-corrected chi connectivity index (χ1v) is 8.53. The Hall–Kier alpha value is -2.51. The predicted molar refractivity (Wildman–Crippen MR) is 84.5 cm³/mol. The predicted octanol–water partition coefficient (Wildman–Crippen LogP) is 3.70. The summed E-state index contributed by atoms with van der Waals surface area (Å²) in [7, 11) is -3.66. The summed E-state index contributed by atoms with van der Waals surface area (Å²) in [5.74, 6) is -0.922. The van der Waals surface area contributed by atoms with E-state index in [1.807, 2.05) is 0 Å². The van der Waals surface area contributed by atoms with E-state index < -0.39 is 21.7 Å². The van der Waals surface area contributed by atoms with E-state index in [0.29, 0.717) is 5.76 Å². The van der Waals surface area contributed by atoms with Gasteiger partial charge in [0.1, 0.15) is 23.2 Å². The van der Waals surface area contributed by atoms with Gasteiger partial charge in [-0.15, -0.1) is 0 Å². The van der Waals surface area contributed by atoms with Crippen LogP contribution in [0.3, 0.4) is 0 Å². The molecule has 4 nitrogen and oxygen atoms in total. The first kappa shape index (κ1) is 16.4. The summed E-state index contributed by atoms with van der Waals surface area (Å²) in [4.78, 5) is 0.140. The van der Waals surface area contributed by atoms with Crippen molar-refractivity contribution in [3.63, 3.8) is 0 Å². The molecule has 0 spiro atoms. The van der Waals surface area contributed by atoms with Gasteiger partial charge in [0.05, 0.1) is 17.0 Å². The molecule has 1 N–H and O–H groups in total. The van der Waals surface area contributed by atoms with Gasteiger partial charge < -0.3 is 4.42 Å². The first-order valence-electron chi connectivity index (χ1n) is 7.04. The van der Waals surface area contributed by atoms with Crippen molar-refractivity contribution in [3.05, 3.63) is 78.1 Å². The van der Waals surface area contributed by atoms with Crippen molar-refractivity contribution in [1.82, 2.24) is 4.72 Å². The molecule has 0 aliphatic carbocycles. The Balaban J connectivity index is 1.75. The lowest BCUT2D eigenvalue weighted by molar-refractivity contribution is 0.504. The van der Waals surface area contributed by atoms with E-state index in [4.69, 9.17) is 4.42 Å². The lowest BCUT2D eigenvalue weighted by Gasteiger charge is -2.05. The number of halogens is 2. The number of hydrogen-bond acceptors (Lipinski definition) is 3. The van der Waals surface area contributed by atoms with Gasteiger partial charge in [-0.2, -0.15) is 0 Å². The molecule has 0 atom stereocenters. The Morgan fingerprint density at radius 1 is 0.958 bits per heavy atom. The number of sulfonamides is 1. The first-order chi connectivity index (χ1) is 11.5. The molecular formula is C17H13F2NO3S. The fourth-order valence-electron chi connectivity index (χ4n) is 2.16. The third kappa shape index (κ3) is 3.52. The molecular weight excluding hydrogens is 336 g/mol. The molecule has 24 heavy (non-hydrogen) atoms. The van der Waals surface area contributed by atoms with Crippen LogP contribution in [0.25, 0.3) is 11.3 Å². The Morgan fingerprint density at radius 3 is 2.42 bits per heavy atom. The zero-order valence-corrected chi connectivity index (χ0v) is 13.2.